The molecular weight excluding hydrogens is 468 g/mol. The second kappa shape index (κ2) is 10.2. The van der Waals surface area contributed by atoms with E-state index in [0.29, 0.717) is 24.2 Å². The summed E-state index contributed by atoms with van der Waals surface area (Å²) in [6.45, 7) is 5.76. The molecule has 0 atom stereocenters. The zero-order chi connectivity index (χ0) is 25.8. The Kier molecular flexibility index (Phi) is 7.57. The van der Waals surface area contributed by atoms with Gasteiger partial charge in [0.2, 0.25) is 11.8 Å². The molecule has 1 heterocycles. The minimum absolute atomic E-state index is 0.0731. The fourth-order valence-electron chi connectivity index (χ4n) is 3.08. The van der Waals surface area contributed by atoms with E-state index < -0.39 is 35.1 Å². The van der Waals surface area contributed by atoms with Gasteiger partial charge in [0.25, 0.3) is 5.91 Å². The maximum absolute atomic E-state index is 13.8. The number of aryl methyl sites for hydroxylation is 1. The molecule has 2 amide bonds. The molecular formula is C24H24F4N4O3. The molecule has 3 rings (SSSR count). The van der Waals surface area contributed by atoms with Gasteiger partial charge in [0.15, 0.2) is 5.82 Å². The number of alkyl halides is 3. The summed E-state index contributed by atoms with van der Waals surface area (Å²) in [6, 6.07) is 8.00. The van der Waals surface area contributed by atoms with E-state index in [1.54, 1.807) is 0 Å². The van der Waals surface area contributed by atoms with E-state index in [4.69, 9.17) is 4.52 Å². The Morgan fingerprint density at radius 1 is 1.03 bits per heavy atom. The van der Waals surface area contributed by atoms with Crippen LogP contribution < -0.4 is 10.6 Å². The Hall–Kier alpha value is -3.76. The highest BCUT2D eigenvalue weighted by Gasteiger charge is 2.34. The van der Waals surface area contributed by atoms with Crippen molar-refractivity contribution in [3.63, 3.8) is 0 Å². The lowest BCUT2D eigenvalue weighted by Crippen LogP contribution is -2.18. The summed E-state index contributed by atoms with van der Waals surface area (Å²) >= 11 is 0. The molecule has 0 aliphatic carbocycles. The quantitative estimate of drug-likeness (QED) is 0.410. The predicted molar refractivity (Wildman–Crippen MR) is 120 cm³/mol. The van der Waals surface area contributed by atoms with Crippen molar-refractivity contribution in [3.8, 4) is 0 Å². The number of rotatable bonds is 7. The average Bonchev–Trinajstić information content (AvgIpc) is 3.24. The van der Waals surface area contributed by atoms with Gasteiger partial charge in [-0.25, -0.2) is 4.39 Å². The van der Waals surface area contributed by atoms with Gasteiger partial charge < -0.3 is 15.2 Å². The summed E-state index contributed by atoms with van der Waals surface area (Å²) in [5.74, 6) is -1.47. The van der Waals surface area contributed by atoms with Gasteiger partial charge >= 0.3 is 6.18 Å². The molecule has 0 spiro atoms. The lowest BCUT2D eigenvalue weighted by molar-refractivity contribution is -0.136. The zero-order valence-corrected chi connectivity index (χ0v) is 19.3. The van der Waals surface area contributed by atoms with Crippen molar-refractivity contribution in [2.75, 3.05) is 10.6 Å². The number of nitrogens with zero attached hydrogens (tertiary/aromatic N) is 2. The Morgan fingerprint density at radius 2 is 1.74 bits per heavy atom. The van der Waals surface area contributed by atoms with E-state index >= 15 is 0 Å². The first-order valence-corrected chi connectivity index (χ1v) is 10.7. The van der Waals surface area contributed by atoms with Crippen LogP contribution in [0.3, 0.4) is 0 Å². The first-order valence-electron chi connectivity index (χ1n) is 10.7. The SMILES string of the molecule is CC(C)(C)c1noc(CCCC(=O)Nc2ccc(NC(=O)c3ccccc3F)cc2C(F)(F)F)n1. The number of amides is 2. The van der Waals surface area contributed by atoms with Gasteiger partial charge in [0.1, 0.15) is 5.82 Å². The zero-order valence-electron chi connectivity index (χ0n) is 19.3. The van der Waals surface area contributed by atoms with E-state index in [9.17, 15) is 27.2 Å². The van der Waals surface area contributed by atoms with Crippen LogP contribution in [-0.4, -0.2) is 22.0 Å². The summed E-state index contributed by atoms with van der Waals surface area (Å²) in [4.78, 5) is 28.8. The van der Waals surface area contributed by atoms with Crippen LogP contribution in [0, 0.1) is 5.82 Å². The molecule has 0 bridgehead atoms. The fraction of sp³-hybridized carbons (Fsp3) is 0.333. The minimum atomic E-state index is -4.81. The van der Waals surface area contributed by atoms with Crippen LogP contribution in [0.4, 0.5) is 28.9 Å². The summed E-state index contributed by atoms with van der Waals surface area (Å²) < 4.78 is 59.8. The van der Waals surface area contributed by atoms with E-state index in [0.717, 1.165) is 12.1 Å². The normalized spacial score (nSPS) is 11.9. The number of aromatic nitrogens is 2. The number of anilines is 2. The highest BCUT2D eigenvalue weighted by atomic mass is 19.4. The molecule has 2 aromatic carbocycles. The molecule has 0 aliphatic rings. The maximum Gasteiger partial charge on any atom is 0.418 e. The molecule has 0 saturated carbocycles. The first kappa shape index (κ1) is 25.9. The number of hydrogen-bond acceptors (Lipinski definition) is 5. The number of benzene rings is 2. The molecule has 186 valence electrons. The van der Waals surface area contributed by atoms with Crippen molar-refractivity contribution in [3.05, 3.63) is 71.1 Å². The molecule has 3 aromatic rings. The van der Waals surface area contributed by atoms with Crippen LogP contribution in [0.15, 0.2) is 47.0 Å². The maximum atomic E-state index is 13.8. The number of halogens is 4. The Bertz CT molecular complexity index is 1220. The Morgan fingerprint density at radius 3 is 2.37 bits per heavy atom. The fourth-order valence-corrected chi connectivity index (χ4v) is 3.08. The largest absolute Gasteiger partial charge is 0.418 e. The van der Waals surface area contributed by atoms with Gasteiger partial charge in [-0.15, -0.1) is 0 Å². The third kappa shape index (κ3) is 6.87. The number of nitrogens with one attached hydrogen (secondary N) is 2. The highest BCUT2D eigenvalue weighted by Crippen LogP contribution is 2.37. The number of carbonyl (C=O) groups excluding carboxylic acids is 2. The van der Waals surface area contributed by atoms with Crippen molar-refractivity contribution in [1.29, 1.82) is 0 Å². The van der Waals surface area contributed by atoms with Gasteiger partial charge in [-0.3, -0.25) is 9.59 Å². The van der Waals surface area contributed by atoms with Gasteiger partial charge in [0.05, 0.1) is 16.8 Å². The summed E-state index contributed by atoms with van der Waals surface area (Å²) in [7, 11) is 0. The molecule has 2 N–H and O–H groups in total. The summed E-state index contributed by atoms with van der Waals surface area (Å²) in [5, 5.41) is 8.38. The van der Waals surface area contributed by atoms with Crippen LogP contribution in [0.25, 0.3) is 0 Å². The molecule has 0 radical (unpaired) electrons. The van der Waals surface area contributed by atoms with E-state index in [2.05, 4.69) is 20.8 Å². The van der Waals surface area contributed by atoms with Crippen molar-refractivity contribution in [2.24, 2.45) is 0 Å². The Labute approximate surface area is 198 Å². The van der Waals surface area contributed by atoms with Gasteiger partial charge in [-0.1, -0.05) is 38.1 Å². The molecule has 0 unspecified atom stereocenters. The Balaban J connectivity index is 1.65. The standard InChI is InChI=1S/C24H24F4N4O3/c1-23(2,3)22-31-20(35-32-22)10-6-9-19(33)30-18-12-11-14(13-16(18)24(26,27)28)29-21(34)15-7-4-5-8-17(15)25/h4-5,7-8,11-13H,6,9-10H2,1-3H3,(H,29,34)(H,30,33). The smallest absolute Gasteiger partial charge is 0.339 e. The second-order valence-corrected chi connectivity index (χ2v) is 8.86. The topological polar surface area (TPSA) is 97.1 Å². The van der Waals surface area contributed by atoms with Gasteiger partial charge in [-0.05, 0) is 36.8 Å². The molecule has 11 heteroatoms. The van der Waals surface area contributed by atoms with Gasteiger partial charge in [0, 0.05) is 23.9 Å². The van der Waals surface area contributed by atoms with Crippen LogP contribution in [0.1, 0.15) is 61.2 Å². The lowest BCUT2D eigenvalue weighted by atomic mass is 9.96. The van der Waals surface area contributed by atoms with E-state index in [-0.39, 0.29) is 29.5 Å². The van der Waals surface area contributed by atoms with Crippen LogP contribution in [0.5, 0.6) is 0 Å². The third-order valence-electron chi connectivity index (χ3n) is 4.91. The van der Waals surface area contributed by atoms with E-state index in [1.807, 2.05) is 20.8 Å². The van der Waals surface area contributed by atoms with Crippen molar-refractivity contribution < 1.29 is 31.7 Å². The minimum Gasteiger partial charge on any atom is -0.339 e. The molecule has 0 saturated heterocycles. The molecule has 1 aromatic heterocycles. The van der Waals surface area contributed by atoms with Crippen LogP contribution in [-0.2, 0) is 22.8 Å². The molecule has 0 fully saturated rings. The number of carbonyl (C=O) groups is 2. The van der Waals surface area contributed by atoms with Crippen molar-refractivity contribution in [2.45, 2.75) is 51.6 Å². The van der Waals surface area contributed by atoms with Crippen LogP contribution in [0.2, 0.25) is 0 Å². The third-order valence-corrected chi connectivity index (χ3v) is 4.91. The van der Waals surface area contributed by atoms with Gasteiger partial charge in [-0.2, -0.15) is 18.2 Å². The van der Waals surface area contributed by atoms with E-state index in [1.165, 1.54) is 24.3 Å². The first-order chi connectivity index (χ1) is 16.3. The molecule has 7 nitrogen and oxygen atoms in total. The van der Waals surface area contributed by atoms with Crippen molar-refractivity contribution >= 4 is 23.2 Å². The predicted octanol–water partition coefficient (Wildman–Crippen LogP) is 5.74. The second-order valence-electron chi connectivity index (χ2n) is 8.86. The molecule has 35 heavy (non-hydrogen) atoms. The lowest BCUT2D eigenvalue weighted by Gasteiger charge is -2.16. The van der Waals surface area contributed by atoms with Crippen LogP contribution >= 0.6 is 0 Å². The summed E-state index contributed by atoms with van der Waals surface area (Å²) in [5.41, 5.74) is -2.42. The monoisotopic (exact) mass is 492 g/mol. The number of hydrogen-bond donors (Lipinski definition) is 2. The summed E-state index contributed by atoms with van der Waals surface area (Å²) in [6.07, 6.45) is -4.30. The highest BCUT2D eigenvalue weighted by molar-refractivity contribution is 6.04. The molecule has 0 aliphatic heterocycles. The van der Waals surface area contributed by atoms with Crippen molar-refractivity contribution in [1.82, 2.24) is 10.1 Å². The average molecular weight is 492 g/mol.